The Kier molecular flexibility index (Phi) is 6.78. The van der Waals surface area contributed by atoms with E-state index in [0.29, 0.717) is 31.0 Å². The summed E-state index contributed by atoms with van der Waals surface area (Å²) in [6.45, 7) is 3.26. The second-order valence-corrected chi connectivity index (χ2v) is 7.30. The highest BCUT2D eigenvalue weighted by atomic mass is 35.5. The van der Waals surface area contributed by atoms with E-state index in [1.54, 1.807) is 11.8 Å². The first-order chi connectivity index (χ1) is 11.0. The Labute approximate surface area is 146 Å². The van der Waals surface area contributed by atoms with Crippen LogP contribution in [0.3, 0.4) is 0 Å². The molecule has 0 N–H and O–H groups in total. The predicted octanol–water partition coefficient (Wildman–Crippen LogP) is 3.62. The zero-order valence-electron chi connectivity index (χ0n) is 13.5. The number of halogens is 1. The molecule has 0 spiro atoms. The number of likely N-dealkylation sites (tertiary alicyclic amines) is 1. The van der Waals surface area contributed by atoms with Crippen molar-refractivity contribution in [1.82, 2.24) is 4.90 Å². The Bertz CT molecular complexity index is 541. The maximum Gasteiger partial charge on any atom is 0.308 e. The number of ether oxygens (including phenoxy) is 1. The highest BCUT2D eigenvalue weighted by molar-refractivity contribution is 8.00. The number of hydrogen-bond acceptors (Lipinski definition) is 4. The van der Waals surface area contributed by atoms with E-state index in [-0.39, 0.29) is 23.0 Å². The molecule has 0 radical (unpaired) electrons. The monoisotopic (exact) mass is 355 g/mol. The van der Waals surface area contributed by atoms with Crippen LogP contribution in [0, 0.1) is 5.92 Å². The molecule has 0 saturated carbocycles. The third kappa shape index (κ3) is 4.88. The summed E-state index contributed by atoms with van der Waals surface area (Å²) in [5.41, 5.74) is 0. The van der Waals surface area contributed by atoms with Crippen LogP contribution in [0.4, 0.5) is 0 Å². The number of amides is 1. The number of esters is 1. The van der Waals surface area contributed by atoms with Gasteiger partial charge in [-0.25, -0.2) is 0 Å². The number of thioether (sulfide) groups is 1. The van der Waals surface area contributed by atoms with Gasteiger partial charge in [-0.1, -0.05) is 18.5 Å². The second-order valence-electron chi connectivity index (χ2n) is 5.59. The molecule has 126 valence electrons. The quantitative estimate of drug-likeness (QED) is 0.597. The zero-order valence-corrected chi connectivity index (χ0v) is 15.0. The van der Waals surface area contributed by atoms with Crippen LogP contribution in [0.15, 0.2) is 29.2 Å². The maximum absolute atomic E-state index is 12.7. The van der Waals surface area contributed by atoms with Crippen molar-refractivity contribution in [2.45, 2.75) is 36.3 Å². The van der Waals surface area contributed by atoms with Gasteiger partial charge in [0.15, 0.2) is 0 Å². The van der Waals surface area contributed by atoms with Crippen molar-refractivity contribution in [3.8, 4) is 0 Å². The standard InChI is InChI=1S/C17H22ClNO3S/c1-3-15(23-14-6-4-13(18)5-7-14)16(20)19-10-8-12(9-11-19)17(21)22-2/h4-7,12,15H,3,8-11H2,1-2H3/t15-/m0/s1. The highest BCUT2D eigenvalue weighted by Gasteiger charge is 2.30. The van der Waals surface area contributed by atoms with Gasteiger partial charge < -0.3 is 9.64 Å². The van der Waals surface area contributed by atoms with Crippen LogP contribution >= 0.6 is 23.4 Å². The smallest absolute Gasteiger partial charge is 0.308 e. The normalized spacial score (nSPS) is 16.9. The second kappa shape index (κ2) is 8.60. The number of carbonyl (C=O) groups is 2. The van der Waals surface area contributed by atoms with Crippen molar-refractivity contribution in [3.05, 3.63) is 29.3 Å². The number of nitrogens with zero attached hydrogens (tertiary/aromatic N) is 1. The van der Waals surface area contributed by atoms with E-state index in [4.69, 9.17) is 16.3 Å². The zero-order chi connectivity index (χ0) is 16.8. The fourth-order valence-corrected chi connectivity index (χ4v) is 3.86. The van der Waals surface area contributed by atoms with E-state index >= 15 is 0 Å². The molecule has 0 aliphatic carbocycles. The van der Waals surface area contributed by atoms with Crippen molar-refractivity contribution in [1.29, 1.82) is 0 Å². The van der Waals surface area contributed by atoms with Crippen molar-refractivity contribution in [3.63, 3.8) is 0 Å². The Balaban J connectivity index is 1.92. The molecule has 1 atom stereocenters. The minimum atomic E-state index is -0.167. The topological polar surface area (TPSA) is 46.6 Å². The van der Waals surface area contributed by atoms with E-state index in [1.807, 2.05) is 36.1 Å². The van der Waals surface area contributed by atoms with Gasteiger partial charge in [-0.2, -0.15) is 0 Å². The van der Waals surface area contributed by atoms with Gasteiger partial charge in [0.05, 0.1) is 18.3 Å². The minimum Gasteiger partial charge on any atom is -0.469 e. The van der Waals surface area contributed by atoms with Gasteiger partial charge in [-0.15, -0.1) is 11.8 Å². The third-order valence-electron chi connectivity index (χ3n) is 4.08. The highest BCUT2D eigenvalue weighted by Crippen LogP contribution is 2.29. The molecule has 0 aromatic heterocycles. The van der Waals surface area contributed by atoms with E-state index in [9.17, 15) is 9.59 Å². The molecule has 1 aliphatic rings. The Hall–Kier alpha value is -1.20. The number of rotatable bonds is 5. The van der Waals surface area contributed by atoms with Crippen molar-refractivity contribution < 1.29 is 14.3 Å². The van der Waals surface area contributed by atoms with E-state index in [0.717, 1.165) is 11.3 Å². The van der Waals surface area contributed by atoms with Crippen LogP contribution < -0.4 is 0 Å². The third-order valence-corrected chi connectivity index (χ3v) is 5.70. The molecule has 1 aromatic rings. The lowest BCUT2D eigenvalue weighted by atomic mass is 9.97. The fourth-order valence-electron chi connectivity index (χ4n) is 2.69. The summed E-state index contributed by atoms with van der Waals surface area (Å²) in [5.74, 6) is -0.0940. The lowest BCUT2D eigenvalue weighted by molar-refractivity contribution is -0.148. The van der Waals surface area contributed by atoms with Crippen LogP contribution in [0.2, 0.25) is 5.02 Å². The maximum atomic E-state index is 12.7. The molecule has 0 bridgehead atoms. The Morgan fingerprint density at radius 1 is 1.30 bits per heavy atom. The molecule has 6 heteroatoms. The lowest BCUT2D eigenvalue weighted by Gasteiger charge is -2.33. The number of carbonyl (C=O) groups excluding carboxylic acids is 2. The molecular weight excluding hydrogens is 334 g/mol. The van der Waals surface area contributed by atoms with Gasteiger partial charge in [-0.05, 0) is 43.5 Å². The molecule has 23 heavy (non-hydrogen) atoms. The van der Waals surface area contributed by atoms with Gasteiger partial charge >= 0.3 is 5.97 Å². The molecule has 1 amide bonds. The number of piperidine rings is 1. The van der Waals surface area contributed by atoms with Crippen LogP contribution in [0.5, 0.6) is 0 Å². The summed E-state index contributed by atoms with van der Waals surface area (Å²) >= 11 is 7.46. The van der Waals surface area contributed by atoms with Crippen LogP contribution in [-0.4, -0.2) is 42.2 Å². The van der Waals surface area contributed by atoms with Gasteiger partial charge in [0, 0.05) is 23.0 Å². The lowest BCUT2D eigenvalue weighted by Crippen LogP contribution is -2.44. The number of hydrogen-bond donors (Lipinski definition) is 0. The van der Waals surface area contributed by atoms with Gasteiger partial charge in [0.25, 0.3) is 0 Å². The van der Waals surface area contributed by atoms with Crippen LogP contribution in [-0.2, 0) is 14.3 Å². The predicted molar refractivity (Wildman–Crippen MR) is 92.7 cm³/mol. The first-order valence-electron chi connectivity index (χ1n) is 7.84. The average molecular weight is 356 g/mol. The van der Waals surface area contributed by atoms with Gasteiger partial charge in [0.2, 0.25) is 5.91 Å². The summed E-state index contributed by atoms with van der Waals surface area (Å²) in [5, 5.41) is 0.587. The van der Waals surface area contributed by atoms with Gasteiger partial charge in [-0.3, -0.25) is 9.59 Å². The molecule has 1 saturated heterocycles. The minimum absolute atomic E-state index is 0.0759. The molecule has 2 rings (SSSR count). The summed E-state index contributed by atoms with van der Waals surface area (Å²) in [4.78, 5) is 27.2. The van der Waals surface area contributed by atoms with Crippen molar-refractivity contribution in [2.75, 3.05) is 20.2 Å². The molecule has 1 aromatic carbocycles. The Morgan fingerprint density at radius 3 is 2.43 bits per heavy atom. The molecule has 4 nitrogen and oxygen atoms in total. The SMILES string of the molecule is CC[C@H](Sc1ccc(Cl)cc1)C(=O)N1CCC(C(=O)OC)CC1. The first kappa shape index (κ1) is 18.1. The number of benzene rings is 1. The largest absolute Gasteiger partial charge is 0.469 e. The van der Waals surface area contributed by atoms with Crippen molar-refractivity contribution >= 4 is 35.2 Å². The van der Waals surface area contributed by atoms with Gasteiger partial charge in [0.1, 0.15) is 0 Å². The average Bonchev–Trinajstić information content (AvgIpc) is 2.60. The Morgan fingerprint density at radius 2 is 1.91 bits per heavy atom. The first-order valence-corrected chi connectivity index (χ1v) is 9.09. The van der Waals surface area contributed by atoms with Crippen LogP contribution in [0.1, 0.15) is 26.2 Å². The van der Waals surface area contributed by atoms with E-state index < -0.39 is 0 Å². The van der Waals surface area contributed by atoms with Crippen molar-refractivity contribution in [2.24, 2.45) is 5.92 Å². The van der Waals surface area contributed by atoms with E-state index in [1.165, 1.54) is 7.11 Å². The molecule has 1 fully saturated rings. The summed E-state index contributed by atoms with van der Waals surface area (Å²) in [6, 6.07) is 7.55. The van der Waals surface area contributed by atoms with E-state index in [2.05, 4.69) is 0 Å². The summed E-state index contributed by atoms with van der Waals surface area (Å²) in [6.07, 6.45) is 2.13. The number of methoxy groups -OCH3 is 1. The summed E-state index contributed by atoms with van der Waals surface area (Å²) in [7, 11) is 1.41. The van der Waals surface area contributed by atoms with Crippen LogP contribution in [0.25, 0.3) is 0 Å². The summed E-state index contributed by atoms with van der Waals surface area (Å²) < 4.78 is 4.79. The fraction of sp³-hybridized carbons (Fsp3) is 0.529. The molecule has 1 heterocycles. The molecular formula is C17H22ClNO3S. The molecule has 0 unspecified atom stereocenters. The molecule has 1 aliphatic heterocycles.